The minimum Gasteiger partial charge on any atom is -0.348 e. The van der Waals surface area contributed by atoms with Crippen LogP contribution in [0.5, 0.6) is 0 Å². The molecular weight excluding hydrogens is 442 g/mol. The van der Waals surface area contributed by atoms with Crippen LogP contribution < -0.4 is 15.4 Å². The van der Waals surface area contributed by atoms with Gasteiger partial charge >= 0.3 is 0 Å². The fourth-order valence-corrected chi connectivity index (χ4v) is 4.61. The number of rotatable bonds is 9. The highest BCUT2D eigenvalue weighted by molar-refractivity contribution is 7.89. The first kappa shape index (κ1) is 22.7. The van der Waals surface area contributed by atoms with E-state index in [0.29, 0.717) is 16.8 Å². The van der Waals surface area contributed by atoms with Crippen LogP contribution in [0.2, 0.25) is 0 Å². The van der Waals surface area contributed by atoms with E-state index in [1.807, 2.05) is 6.07 Å². The van der Waals surface area contributed by atoms with E-state index in [1.165, 1.54) is 16.8 Å². The third-order valence-corrected chi connectivity index (χ3v) is 6.71. The molecule has 33 heavy (non-hydrogen) atoms. The van der Waals surface area contributed by atoms with E-state index < -0.39 is 10.0 Å². The Kier molecular flexibility index (Phi) is 6.57. The van der Waals surface area contributed by atoms with Gasteiger partial charge in [0.1, 0.15) is 6.54 Å². The molecule has 3 aromatic rings. The Morgan fingerprint density at radius 3 is 2.67 bits per heavy atom. The van der Waals surface area contributed by atoms with E-state index in [-0.39, 0.29) is 35.8 Å². The first-order valence-electron chi connectivity index (χ1n) is 10.6. The third-order valence-electron chi connectivity index (χ3n) is 5.19. The average Bonchev–Trinajstić information content (AvgIpc) is 3.43. The minimum absolute atomic E-state index is 0.0131. The largest absolute Gasteiger partial charge is 0.348 e. The molecule has 1 saturated carbocycles. The molecule has 172 valence electrons. The quantitative estimate of drug-likeness (QED) is 0.445. The van der Waals surface area contributed by atoms with Crippen molar-refractivity contribution in [1.82, 2.24) is 19.8 Å². The summed E-state index contributed by atoms with van der Waals surface area (Å²) >= 11 is 0. The SMILES string of the molecule is Cc1ccc(S(=O)(=O)NC2CC2)cc1C(=O)NCc1cccc(NC(=O)Cn2cccn2)c1. The van der Waals surface area contributed by atoms with Crippen LogP contribution >= 0.6 is 0 Å². The molecule has 0 saturated heterocycles. The predicted octanol–water partition coefficient (Wildman–Crippen LogP) is 2.20. The number of sulfonamides is 1. The van der Waals surface area contributed by atoms with Crippen LogP contribution in [-0.4, -0.2) is 36.1 Å². The molecule has 1 heterocycles. The molecule has 0 unspecified atom stereocenters. The zero-order valence-electron chi connectivity index (χ0n) is 18.1. The van der Waals surface area contributed by atoms with Gasteiger partial charge in [0.25, 0.3) is 5.91 Å². The Hall–Kier alpha value is -3.50. The number of nitrogens with zero attached hydrogens (tertiary/aromatic N) is 2. The van der Waals surface area contributed by atoms with Crippen LogP contribution in [-0.2, 0) is 27.9 Å². The van der Waals surface area contributed by atoms with Gasteiger partial charge in [-0.3, -0.25) is 14.3 Å². The lowest BCUT2D eigenvalue weighted by molar-refractivity contribution is -0.116. The Labute approximate surface area is 192 Å². The van der Waals surface area contributed by atoms with Crippen molar-refractivity contribution in [3.63, 3.8) is 0 Å². The van der Waals surface area contributed by atoms with Gasteiger partial charge in [0.2, 0.25) is 15.9 Å². The number of aromatic nitrogens is 2. The summed E-state index contributed by atoms with van der Waals surface area (Å²) in [7, 11) is -3.65. The maximum Gasteiger partial charge on any atom is 0.251 e. The second-order valence-electron chi connectivity index (χ2n) is 8.01. The molecule has 1 aromatic heterocycles. The zero-order valence-corrected chi connectivity index (χ0v) is 18.9. The second-order valence-corrected chi connectivity index (χ2v) is 9.72. The first-order chi connectivity index (χ1) is 15.8. The fourth-order valence-electron chi connectivity index (χ4n) is 3.28. The number of anilines is 1. The third kappa shape index (κ3) is 6.05. The predicted molar refractivity (Wildman–Crippen MR) is 123 cm³/mol. The van der Waals surface area contributed by atoms with Crippen LogP contribution in [0.3, 0.4) is 0 Å². The van der Waals surface area contributed by atoms with E-state index >= 15 is 0 Å². The average molecular weight is 468 g/mol. The van der Waals surface area contributed by atoms with E-state index in [2.05, 4.69) is 20.5 Å². The highest BCUT2D eigenvalue weighted by Gasteiger charge is 2.28. The maximum atomic E-state index is 12.8. The van der Waals surface area contributed by atoms with Crippen LogP contribution in [0.15, 0.2) is 65.8 Å². The number of amides is 2. The van der Waals surface area contributed by atoms with Gasteiger partial charge in [0.05, 0.1) is 4.90 Å². The molecule has 10 heteroatoms. The number of carbonyl (C=O) groups excluding carboxylic acids is 2. The van der Waals surface area contributed by atoms with Gasteiger partial charge in [0.15, 0.2) is 0 Å². The van der Waals surface area contributed by atoms with E-state index in [0.717, 1.165) is 18.4 Å². The van der Waals surface area contributed by atoms with Crippen molar-refractivity contribution >= 4 is 27.5 Å². The Morgan fingerprint density at radius 1 is 1.12 bits per heavy atom. The molecule has 2 aromatic carbocycles. The number of aryl methyl sites for hydroxylation is 1. The fraction of sp³-hybridized carbons (Fsp3) is 0.261. The van der Waals surface area contributed by atoms with Crippen LogP contribution in [0.4, 0.5) is 5.69 Å². The molecule has 2 amide bonds. The van der Waals surface area contributed by atoms with Gasteiger partial charge in [-0.25, -0.2) is 13.1 Å². The summed E-state index contributed by atoms with van der Waals surface area (Å²) in [5.41, 5.74) is 2.38. The summed E-state index contributed by atoms with van der Waals surface area (Å²) in [4.78, 5) is 25.0. The lowest BCUT2D eigenvalue weighted by atomic mass is 10.1. The topological polar surface area (TPSA) is 122 Å². The number of nitrogens with one attached hydrogen (secondary N) is 3. The summed E-state index contributed by atoms with van der Waals surface area (Å²) in [5.74, 6) is -0.586. The second kappa shape index (κ2) is 9.55. The maximum absolute atomic E-state index is 12.8. The lowest BCUT2D eigenvalue weighted by Gasteiger charge is -2.12. The normalized spacial score (nSPS) is 13.5. The van der Waals surface area contributed by atoms with E-state index in [4.69, 9.17) is 0 Å². The van der Waals surface area contributed by atoms with Crippen LogP contribution in [0.1, 0.15) is 34.3 Å². The number of carbonyl (C=O) groups is 2. The molecule has 0 atom stereocenters. The van der Waals surface area contributed by atoms with Crippen LogP contribution in [0.25, 0.3) is 0 Å². The number of benzene rings is 2. The molecule has 0 bridgehead atoms. The van der Waals surface area contributed by atoms with E-state index in [1.54, 1.807) is 49.6 Å². The summed E-state index contributed by atoms with van der Waals surface area (Å²) in [6.07, 6.45) is 4.98. The first-order valence-corrected chi connectivity index (χ1v) is 12.1. The van der Waals surface area contributed by atoms with Crippen molar-refractivity contribution in [2.24, 2.45) is 0 Å². The molecule has 1 fully saturated rings. The molecule has 1 aliphatic rings. The molecule has 1 aliphatic carbocycles. The van der Waals surface area contributed by atoms with Crippen molar-refractivity contribution < 1.29 is 18.0 Å². The summed E-state index contributed by atoms with van der Waals surface area (Å²) in [6, 6.07) is 13.4. The van der Waals surface area contributed by atoms with E-state index in [9.17, 15) is 18.0 Å². The van der Waals surface area contributed by atoms with Crippen molar-refractivity contribution in [3.05, 3.63) is 77.6 Å². The number of hydrogen-bond acceptors (Lipinski definition) is 5. The standard InChI is InChI=1S/C23H25N5O4S/c1-16-6-9-20(33(31,32)27-18-7-8-18)13-21(16)23(30)24-14-17-4-2-5-19(12-17)26-22(29)15-28-11-3-10-25-28/h2-6,9-13,18,27H,7-8,14-15H2,1H3,(H,24,30)(H,26,29). The summed E-state index contributed by atoms with van der Waals surface area (Å²) < 4.78 is 29.1. The van der Waals surface area contributed by atoms with Crippen LogP contribution in [0, 0.1) is 6.92 Å². The van der Waals surface area contributed by atoms with Gasteiger partial charge in [-0.1, -0.05) is 18.2 Å². The molecule has 0 aliphatic heterocycles. The van der Waals surface area contributed by atoms with Gasteiger partial charge in [0, 0.05) is 36.2 Å². The van der Waals surface area contributed by atoms with Crippen molar-refractivity contribution in [2.75, 3.05) is 5.32 Å². The molecule has 0 radical (unpaired) electrons. The Bertz CT molecular complexity index is 1270. The van der Waals surface area contributed by atoms with Gasteiger partial charge < -0.3 is 10.6 Å². The highest BCUT2D eigenvalue weighted by Crippen LogP contribution is 2.23. The highest BCUT2D eigenvalue weighted by atomic mass is 32.2. The number of hydrogen-bond donors (Lipinski definition) is 3. The molecule has 9 nitrogen and oxygen atoms in total. The minimum atomic E-state index is -3.65. The van der Waals surface area contributed by atoms with Gasteiger partial charge in [-0.2, -0.15) is 5.10 Å². The zero-order chi connectivity index (χ0) is 23.4. The monoisotopic (exact) mass is 467 g/mol. The van der Waals surface area contributed by atoms with Crippen molar-refractivity contribution in [3.8, 4) is 0 Å². The van der Waals surface area contributed by atoms with Crippen molar-refractivity contribution in [2.45, 2.75) is 43.8 Å². The van der Waals surface area contributed by atoms with Crippen molar-refractivity contribution in [1.29, 1.82) is 0 Å². The molecule has 4 rings (SSSR count). The molecule has 0 spiro atoms. The lowest BCUT2D eigenvalue weighted by Crippen LogP contribution is -2.27. The molecule has 3 N–H and O–H groups in total. The summed E-state index contributed by atoms with van der Waals surface area (Å²) in [6.45, 7) is 2.08. The molecular formula is C23H25N5O4S. The summed E-state index contributed by atoms with van der Waals surface area (Å²) in [5, 5.41) is 9.64. The smallest absolute Gasteiger partial charge is 0.251 e. The Morgan fingerprint density at radius 2 is 1.94 bits per heavy atom. The van der Waals surface area contributed by atoms with Gasteiger partial charge in [-0.05, 0) is 61.2 Å². The van der Waals surface area contributed by atoms with Gasteiger partial charge in [-0.15, -0.1) is 0 Å². The Balaban J connectivity index is 1.39.